The van der Waals surface area contributed by atoms with Crippen molar-refractivity contribution < 1.29 is 42.0 Å². The van der Waals surface area contributed by atoms with Crippen molar-refractivity contribution in [1.82, 2.24) is 20.1 Å². The highest BCUT2D eigenvalue weighted by Crippen LogP contribution is 2.32. The van der Waals surface area contributed by atoms with Crippen molar-refractivity contribution in [3.8, 4) is 5.75 Å². The van der Waals surface area contributed by atoms with Gasteiger partial charge < -0.3 is 20.5 Å². The minimum atomic E-state index is -4.96. The lowest BCUT2D eigenvalue weighted by atomic mass is 9.84. The average Bonchev–Trinajstić information content (AvgIpc) is 3.16. The van der Waals surface area contributed by atoms with E-state index in [4.69, 9.17) is 9.39 Å². The molecule has 34 heavy (non-hydrogen) atoms. The van der Waals surface area contributed by atoms with Crippen molar-refractivity contribution in [2.75, 3.05) is 0 Å². The van der Waals surface area contributed by atoms with Gasteiger partial charge in [-0.3, -0.25) is 18.9 Å². The third kappa shape index (κ3) is 5.16. The van der Waals surface area contributed by atoms with Crippen LogP contribution in [0, 0.1) is 6.92 Å². The van der Waals surface area contributed by atoms with E-state index in [9.17, 15) is 33.1 Å². The Labute approximate surface area is 195 Å². The van der Waals surface area contributed by atoms with Crippen LogP contribution < -0.4 is 10.7 Å². The van der Waals surface area contributed by atoms with Gasteiger partial charge in [0.15, 0.2) is 18.1 Å². The fraction of sp³-hybridized carbons (Fsp3) is 0.353. The summed E-state index contributed by atoms with van der Waals surface area (Å²) in [5.41, 5.74) is -2.47. The molecule has 0 unspecified atom stereocenters. The number of amides is 2. The number of carbonyl (C=O) groups is 2. The molecule has 184 valence electrons. The monoisotopic (exact) mass is 517 g/mol. The number of nitrogens with zero attached hydrogens (tertiary/aromatic N) is 4. The van der Waals surface area contributed by atoms with Gasteiger partial charge in [0, 0.05) is 11.4 Å². The molecule has 2 amide bonds. The van der Waals surface area contributed by atoms with E-state index in [1.54, 1.807) is 6.92 Å². The van der Waals surface area contributed by atoms with Gasteiger partial charge in [-0.25, -0.2) is 4.98 Å². The van der Waals surface area contributed by atoms with Gasteiger partial charge in [0.25, 0.3) is 11.8 Å². The quantitative estimate of drug-likeness (QED) is 0.113. The molecule has 1 atom stereocenters. The van der Waals surface area contributed by atoms with Crippen LogP contribution in [-0.4, -0.2) is 67.2 Å². The number of aromatic hydroxyl groups is 1. The number of nitrogens with one attached hydrogen (secondary N) is 1. The molecule has 1 fully saturated rings. The van der Waals surface area contributed by atoms with E-state index in [0.29, 0.717) is 14.8 Å². The number of thiazole rings is 1. The number of aryl methyl sites for hydroxylation is 1. The number of rotatable bonds is 8. The Morgan fingerprint density at radius 1 is 1.38 bits per heavy atom. The van der Waals surface area contributed by atoms with Crippen LogP contribution in [-0.2, 0) is 35.7 Å². The van der Waals surface area contributed by atoms with Gasteiger partial charge in [0.2, 0.25) is 5.43 Å². The fourth-order valence-electron chi connectivity index (χ4n) is 2.92. The molecule has 4 N–H and O–H groups in total. The zero-order valence-electron chi connectivity index (χ0n) is 17.8. The Balaban J connectivity index is 1.80. The number of carbonyl (C=O) groups excluding carboxylic acids is 2. The summed E-state index contributed by atoms with van der Waals surface area (Å²) >= 11 is 1.20. The van der Waals surface area contributed by atoms with Crippen LogP contribution >= 0.6 is 11.3 Å². The number of hydrogen-bond acceptors (Lipinski definition) is 12. The zero-order chi connectivity index (χ0) is 25.4. The summed E-state index contributed by atoms with van der Waals surface area (Å²) in [6.07, 6.45) is 0.757. The molecule has 1 saturated heterocycles. The van der Waals surface area contributed by atoms with Crippen LogP contribution in [0.1, 0.15) is 30.2 Å². The van der Waals surface area contributed by atoms with Crippen molar-refractivity contribution in [3.63, 3.8) is 0 Å². The van der Waals surface area contributed by atoms with E-state index < -0.39 is 51.6 Å². The lowest BCUT2D eigenvalue weighted by Gasteiger charge is -2.50. The zero-order valence-corrected chi connectivity index (χ0v) is 19.5. The Morgan fingerprint density at radius 2 is 2.06 bits per heavy atom. The molecule has 0 bridgehead atoms. The topological polar surface area (TPSA) is 210 Å². The summed E-state index contributed by atoms with van der Waals surface area (Å²) in [5, 5.41) is 27.7. The van der Waals surface area contributed by atoms with Gasteiger partial charge in [-0.1, -0.05) is 5.16 Å². The first-order valence-electron chi connectivity index (χ1n) is 9.29. The van der Waals surface area contributed by atoms with E-state index in [-0.39, 0.29) is 17.1 Å². The minimum absolute atomic E-state index is 0.0888. The van der Waals surface area contributed by atoms with E-state index in [0.717, 1.165) is 12.3 Å². The van der Waals surface area contributed by atoms with Gasteiger partial charge in [-0.05, 0) is 20.8 Å². The molecule has 1 aliphatic rings. The third-order valence-electron chi connectivity index (χ3n) is 4.66. The first kappa shape index (κ1) is 25.1. The van der Waals surface area contributed by atoms with Crippen molar-refractivity contribution in [2.45, 2.75) is 39.0 Å². The van der Waals surface area contributed by atoms with Crippen LogP contribution in [0.15, 0.2) is 27.6 Å². The van der Waals surface area contributed by atoms with Gasteiger partial charge in [0.05, 0.1) is 16.7 Å². The fourth-order valence-corrected chi connectivity index (χ4v) is 3.97. The summed E-state index contributed by atoms with van der Waals surface area (Å²) in [5.74, 6) is -2.54. The second kappa shape index (κ2) is 9.01. The van der Waals surface area contributed by atoms with Gasteiger partial charge in [-0.2, -0.15) is 18.2 Å². The molecule has 0 aliphatic carbocycles. The number of pyridine rings is 1. The average molecular weight is 517 g/mol. The predicted octanol–water partition coefficient (Wildman–Crippen LogP) is -0.683. The van der Waals surface area contributed by atoms with Crippen LogP contribution in [0.2, 0.25) is 0 Å². The molecule has 2 aromatic heterocycles. The summed E-state index contributed by atoms with van der Waals surface area (Å²) in [6.45, 7) is 3.97. The molecule has 1 aliphatic heterocycles. The SMILES string of the molecule is Cc1nc(/C(=N/OCc2cc(=O)c(O)cn2O)C(=O)N[C@@H]2C(=O)N(OS(=O)(=O)O)C2(C)C)cs1. The van der Waals surface area contributed by atoms with Crippen molar-refractivity contribution in [1.29, 1.82) is 0 Å². The number of β-lactam (4-membered cyclic amide) rings is 1. The van der Waals surface area contributed by atoms with Crippen LogP contribution in [0.5, 0.6) is 5.75 Å². The molecule has 0 radical (unpaired) electrons. The molecule has 0 saturated carbocycles. The Bertz CT molecular complexity index is 1330. The molecular formula is C17H19N5O10S2. The number of hydrogen-bond donors (Lipinski definition) is 4. The van der Waals surface area contributed by atoms with Gasteiger partial charge in [-0.15, -0.1) is 15.6 Å². The maximum atomic E-state index is 12.9. The maximum absolute atomic E-state index is 12.9. The number of hydroxylamine groups is 2. The number of aromatic nitrogens is 2. The first-order chi connectivity index (χ1) is 15.7. The van der Waals surface area contributed by atoms with Crippen molar-refractivity contribution in [2.24, 2.45) is 5.16 Å². The summed E-state index contributed by atoms with van der Waals surface area (Å²) in [7, 11) is -4.96. The molecule has 3 heterocycles. The predicted molar refractivity (Wildman–Crippen MR) is 113 cm³/mol. The summed E-state index contributed by atoms with van der Waals surface area (Å²) in [4.78, 5) is 46.0. The van der Waals surface area contributed by atoms with Crippen LogP contribution in [0.25, 0.3) is 0 Å². The van der Waals surface area contributed by atoms with Gasteiger partial charge in [0.1, 0.15) is 17.4 Å². The highest BCUT2D eigenvalue weighted by molar-refractivity contribution is 7.80. The lowest BCUT2D eigenvalue weighted by molar-refractivity contribution is -0.218. The summed E-state index contributed by atoms with van der Waals surface area (Å²) in [6, 6.07) is -0.344. The standard InChI is InChI=1S/C17H19N5O10S2/c1-8-18-10(7-33-8)13(20-31-6-9-4-11(23)12(24)5-21(9)27)15(25)19-14-16(26)22(17(14,2)3)32-34(28,29)30/h4-5,7,14,24,27H,6H2,1-3H3,(H,19,25)(H,28,29,30)/b20-13-/t14-/m1/s1. The van der Waals surface area contributed by atoms with Crippen molar-refractivity contribution in [3.05, 3.63) is 44.3 Å². The smallest absolute Gasteiger partial charge is 0.418 e. The molecule has 3 rings (SSSR count). The normalized spacial score (nSPS) is 17.9. The van der Waals surface area contributed by atoms with Crippen LogP contribution in [0.4, 0.5) is 0 Å². The van der Waals surface area contributed by atoms with E-state index in [1.807, 2.05) is 0 Å². The molecule has 2 aromatic rings. The third-order valence-corrected chi connectivity index (χ3v) is 5.77. The van der Waals surface area contributed by atoms with E-state index in [2.05, 4.69) is 19.7 Å². The van der Waals surface area contributed by atoms with Crippen LogP contribution in [0.3, 0.4) is 0 Å². The Hall–Kier alpha value is -3.54. The van der Waals surface area contributed by atoms with E-state index in [1.165, 1.54) is 30.6 Å². The van der Waals surface area contributed by atoms with E-state index >= 15 is 0 Å². The Morgan fingerprint density at radius 3 is 2.62 bits per heavy atom. The lowest BCUT2D eigenvalue weighted by Crippen LogP contribution is -2.76. The second-order valence-electron chi connectivity index (χ2n) is 7.52. The van der Waals surface area contributed by atoms with Crippen molar-refractivity contribution >= 4 is 39.3 Å². The molecule has 17 heteroatoms. The highest BCUT2D eigenvalue weighted by Gasteiger charge is 2.58. The summed E-state index contributed by atoms with van der Waals surface area (Å²) < 4.78 is 35.4. The first-order valence-corrected chi connectivity index (χ1v) is 11.5. The molecule has 15 nitrogen and oxygen atoms in total. The second-order valence-corrected chi connectivity index (χ2v) is 9.59. The largest absolute Gasteiger partial charge is 0.503 e. The number of oxime groups is 1. The Kier molecular flexibility index (Phi) is 6.65. The molecular weight excluding hydrogens is 498 g/mol. The molecule has 0 spiro atoms. The molecule has 0 aromatic carbocycles. The minimum Gasteiger partial charge on any atom is -0.503 e. The highest BCUT2D eigenvalue weighted by atomic mass is 32.3. The maximum Gasteiger partial charge on any atom is 0.418 e. The van der Waals surface area contributed by atoms with Gasteiger partial charge >= 0.3 is 10.4 Å².